The van der Waals surface area contributed by atoms with E-state index in [0.29, 0.717) is 18.1 Å². The minimum Gasteiger partial charge on any atom is -0.421 e. The molecule has 0 aliphatic carbocycles. The van der Waals surface area contributed by atoms with Gasteiger partial charge >= 0.3 is 11.7 Å². The molecule has 18 heavy (non-hydrogen) atoms. The third-order valence-electron chi connectivity index (χ3n) is 3.04. The summed E-state index contributed by atoms with van der Waals surface area (Å²) in [6, 6.07) is 3.47. The van der Waals surface area contributed by atoms with Crippen molar-refractivity contribution in [3.63, 3.8) is 0 Å². The zero-order valence-corrected chi connectivity index (χ0v) is 10.8. The molecule has 1 aromatic rings. The van der Waals surface area contributed by atoms with E-state index in [-0.39, 0.29) is 10.3 Å². The average Bonchev–Trinajstić information content (AvgIpc) is 2.63. The number of quaternary nitrogens is 1. The fraction of sp³-hybridized carbons (Fsp3) is 0.300. The van der Waals surface area contributed by atoms with E-state index in [2.05, 4.69) is 10.2 Å². The van der Waals surface area contributed by atoms with E-state index >= 15 is 0 Å². The van der Waals surface area contributed by atoms with Crippen LogP contribution in [0.2, 0.25) is 0 Å². The number of aromatic nitrogens is 2. The van der Waals surface area contributed by atoms with Crippen LogP contribution in [0.5, 0.6) is 0 Å². The Bertz CT molecular complexity index is 557. The highest BCUT2D eigenvalue weighted by Crippen LogP contribution is 2.24. The monoisotopic (exact) mass is 266 g/mol. The highest BCUT2D eigenvalue weighted by Gasteiger charge is 2.53. The second-order valence-corrected chi connectivity index (χ2v) is 4.40. The lowest BCUT2D eigenvalue weighted by Gasteiger charge is -2.21. The van der Waals surface area contributed by atoms with E-state index in [4.69, 9.17) is 12.8 Å². The highest BCUT2D eigenvalue weighted by molar-refractivity contribution is 7.51. The zero-order chi connectivity index (χ0) is 13.3. The third kappa shape index (κ3) is 1.75. The van der Waals surface area contributed by atoms with Crippen LogP contribution >= 0.6 is 0 Å². The maximum absolute atomic E-state index is 11.1. The summed E-state index contributed by atoms with van der Waals surface area (Å²) in [6.07, 6.45) is 2.90. The Morgan fingerprint density at radius 1 is 1.61 bits per heavy atom. The van der Waals surface area contributed by atoms with Gasteiger partial charge in [-0.15, -0.1) is 9.58 Å². The Morgan fingerprint density at radius 3 is 2.83 bits per heavy atom. The number of rotatable bonds is 3. The second kappa shape index (κ2) is 4.39. The number of amidine groups is 1. The maximum atomic E-state index is 11.1. The van der Waals surface area contributed by atoms with Crippen molar-refractivity contribution in [2.24, 2.45) is 0 Å². The molecule has 2 rings (SSSR count). The number of hydrogen-bond acceptors (Lipinski definition) is 5. The molecule has 0 saturated heterocycles. The van der Waals surface area contributed by atoms with Crippen molar-refractivity contribution in [1.29, 1.82) is 0 Å². The van der Waals surface area contributed by atoms with Gasteiger partial charge in [0.15, 0.2) is 0 Å². The van der Waals surface area contributed by atoms with Gasteiger partial charge in [0.2, 0.25) is 5.69 Å². The minimum atomic E-state index is -0.411. The summed E-state index contributed by atoms with van der Waals surface area (Å²) in [4.78, 5) is 10.7. The largest absolute Gasteiger partial charge is 0.500 e. The molecule has 7 nitrogen and oxygen atoms in total. The van der Waals surface area contributed by atoms with Gasteiger partial charge in [-0.1, -0.05) is 0 Å². The topological polar surface area (TPSA) is 71.9 Å². The first-order valence-electron chi connectivity index (χ1n) is 5.35. The van der Waals surface area contributed by atoms with E-state index in [0.717, 1.165) is 0 Å². The zero-order valence-electron chi connectivity index (χ0n) is 9.98. The molecule has 8 heteroatoms. The molecule has 1 aliphatic heterocycles. The lowest BCUT2D eigenvalue weighted by Crippen LogP contribution is -2.50. The Hall–Kier alpha value is -1.93. The molecule has 0 N–H and O–H groups in total. The van der Waals surface area contributed by atoms with Crippen LogP contribution in [0.25, 0.3) is 0 Å². The van der Waals surface area contributed by atoms with Crippen LogP contribution in [0, 0.1) is 10.1 Å². The van der Waals surface area contributed by atoms with E-state index in [1.165, 1.54) is 10.2 Å². The van der Waals surface area contributed by atoms with Crippen LogP contribution in [0.3, 0.4) is 0 Å². The summed E-state index contributed by atoms with van der Waals surface area (Å²) in [5.41, 5.74) is 0.546. The molecule has 0 bridgehead atoms. The molecule has 0 amide bonds. The van der Waals surface area contributed by atoms with Gasteiger partial charge in [0.25, 0.3) is 6.20 Å². The van der Waals surface area contributed by atoms with Crippen molar-refractivity contribution in [1.82, 2.24) is 10.2 Å². The highest BCUT2D eigenvalue weighted by atomic mass is 32.1. The summed E-state index contributed by atoms with van der Waals surface area (Å²) < 4.78 is 1.33. The molecule has 0 radical (unpaired) electrons. The van der Waals surface area contributed by atoms with Crippen LogP contribution in [-0.2, 0) is 12.8 Å². The number of nitrogens with zero attached hydrogens (tertiary/aromatic N) is 5. The Balaban J connectivity index is 2.57. The van der Waals surface area contributed by atoms with Gasteiger partial charge in [0, 0.05) is 6.20 Å². The first-order valence-corrected chi connectivity index (χ1v) is 5.71. The van der Waals surface area contributed by atoms with Crippen LogP contribution in [0.15, 0.2) is 30.4 Å². The van der Waals surface area contributed by atoms with Gasteiger partial charge in [-0.2, -0.15) is 5.10 Å². The van der Waals surface area contributed by atoms with Crippen LogP contribution in [0.4, 0.5) is 0 Å². The molecule has 0 saturated carbocycles. The SMILES string of the molecule is CC[N+]1(C)C([N+](=O)[O-])=C[N+]([S-])=C1c1cccnn1. The molecule has 2 heterocycles. The molecular formula is C10H12N5O2S+. The molecular weight excluding hydrogens is 254 g/mol. The molecule has 94 valence electrons. The minimum absolute atomic E-state index is 0.00912. The van der Waals surface area contributed by atoms with E-state index in [9.17, 15) is 10.1 Å². The summed E-state index contributed by atoms with van der Waals surface area (Å²) >= 11 is 5.15. The van der Waals surface area contributed by atoms with Gasteiger partial charge in [-0.25, -0.2) is 3.98 Å². The van der Waals surface area contributed by atoms with Crippen molar-refractivity contribution in [2.75, 3.05) is 13.6 Å². The van der Waals surface area contributed by atoms with E-state index < -0.39 is 4.92 Å². The predicted octanol–water partition coefficient (Wildman–Crippen LogP) is 0.253. The standard InChI is InChI=1S/C10H12N5O2S/c1-3-15(2)9(14(16)17)7-13(18)10(15)8-5-4-6-11-12-8/h4-7H,3H2,1-2H3/q+1. The van der Waals surface area contributed by atoms with Gasteiger partial charge in [-0.3, -0.25) is 10.1 Å². The molecule has 0 spiro atoms. The van der Waals surface area contributed by atoms with Crippen LogP contribution in [-0.4, -0.2) is 43.0 Å². The Labute approximate surface area is 109 Å². The first-order chi connectivity index (χ1) is 8.50. The van der Waals surface area contributed by atoms with Gasteiger partial charge < -0.3 is 12.8 Å². The first kappa shape index (κ1) is 12.5. The lowest BCUT2D eigenvalue weighted by molar-refractivity contribution is -0.848. The van der Waals surface area contributed by atoms with Crippen molar-refractivity contribution in [3.8, 4) is 0 Å². The maximum Gasteiger partial charge on any atom is 0.500 e. The van der Waals surface area contributed by atoms with Crippen LogP contribution < -0.4 is 0 Å². The van der Waals surface area contributed by atoms with Crippen molar-refractivity contribution in [3.05, 3.63) is 46.2 Å². The Morgan fingerprint density at radius 2 is 2.33 bits per heavy atom. The number of hydrogen-bond donors (Lipinski definition) is 0. The average molecular weight is 266 g/mol. The molecule has 1 aromatic heterocycles. The normalized spacial score (nSPS) is 23.1. The molecule has 0 fully saturated rings. The molecule has 1 aliphatic rings. The smallest absolute Gasteiger partial charge is 0.421 e. The lowest BCUT2D eigenvalue weighted by atomic mass is 10.3. The van der Waals surface area contributed by atoms with Crippen LogP contribution in [0.1, 0.15) is 12.6 Å². The third-order valence-corrected chi connectivity index (χ3v) is 3.31. The summed E-state index contributed by atoms with van der Waals surface area (Å²) in [5, 5.41) is 18.9. The van der Waals surface area contributed by atoms with Gasteiger partial charge in [-0.05, 0) is 19.1 Å². The van der Waals surface area contributed by atoms with E-state index in [1.807, 2.05) is 6.92 Å². The molecule has 1 atom stereocenters. The van der Waals surface area contributed by atoms with E-state index in [1.54, 1.807) is 25.4 Å². The van der Waals surface area contributed by atoms with Gasteiger partial charge in [0.05, 0.1) is 13.6 Å². The summed E-state index contributed by atoms with van der Waals surface area (Å²) in [6.45, 7) is 2.37. The fourth-order valence-corrected chi connectivity index (χ4v) is 2.31. The predicted molar refractivity (Wildman–Crippen MR) is 65.6 cm³/mol. The fourth-order valence-electron chi connectivity index (χ4n) is 1.95. The van der Waals surface area contributed by atoms with Crippen molar-refractivity contribution < 1.29 is 13.4 Å². The van der Waals surface area contributed by atoms with Crippen molar-refractivity contribution in [2.45, 2.75) is 6.92 Å². The summed E-state index contributed by atoms with van der Waals surface area (Å²) in [7, 11) is 1.74. The molecule has 0 aromatic carbocycles. The Kier molecular flexibility index (Phi) is 3.05. The second-order valence-electron chi connectivity index (χ2n) is 4.01. The number of nitro groups is 1. The molecule has 1 unspecified atom stereocenters. The quantitative estimate of drug-likeness (QED) is 0.258. The summed E-state index contributed by atoms with van der Waals surface area (Å²) in [5.74, 6) is 0.612. The van der Waals surface area contributed by atoms with Crippen molar-refractivity contribution >= 4 is 18.7 Å². The van der Waals surface area contributed by atoms with Gasteiger partial charge in [0.1, 0.15) is 4.92 Å².